The van der Waals surface area contributed by atoms with Gasteiger partial charge in [-0.25, -0.2) is 8.78 Å². The first-order valence-corrected chi connectivity index (χ1v) is 5.79. The fourth-order valence-electron chi connectivity index (χ4n) is 1.68. The van der Waals surface area contributed by atoms with Crippen LogP contribution in [-0.4, -0.2) is 11.5 Å². The lowest BCUT2D eigenvalue weighted by atomic mass is 10.2. The first kappa shape index (κ1) is 12.6. The molecule has 94 valence electrons. The minimum atomic E-state index is -0.415. The lowest BCUT2D eigenvalue weighted by molar-refractivity contribution is 0.569. The second kappa shape index (κ2) is 6.21. The van der Waals surface area contributed by atoms with E-state index in [1.165, 1.54) is 6.07 Å². The van der Waals surface area contributed by atoms with Gasteiger partial charge >= 0.3 is 0 Å². The van der Waals surface area contributed by atoms with Gasteiger partial charge in [0.05, 0.1) is 0 Å². The third-order valence-corrected chi connectivity index (χ3v) is 2.66. The molecule has 2 aromatic rings. The third kappa shape index (κ3) is 3.60. The number of nitrogens with zero attached hydrogens (tertiary/aromatic N) is 1. The Balaban J connectivity index is 1.80. The van der Waals surface area contributed by atoms with Crippen LogP contribution in [-0.2, 0) is 13.0 Å². The summed E-state index contributed by atoms with van der Waals surface area (Å²) in [5.74, 6) is -0.796. The van der Waals surface area contributed by atoms with E-state index in [0.29, 0.717) is 18.7 Å². The smallest absolute Gasteiger partial charge is 0.127 e. The van der Waals surface area contributed by atoms with Gasteiger partial charge < -0.3 is 5.32 Å². The molecule has 1 aromatic heterocycles. The molecule has 0 unspecified atom stereocenters. The molecule has 18 heavy (non-hydrogen) atoms. The van der Waals surface area contributed by atoms with E-state index in [-0.39, 0.29) is 5.82 Å². The Hall–Kier alpha value is -1.81. The third-order valence-electron chi connectivity index (χ3n) is 2.66. The maximum Gasteiger partial charge on any atom is 0.127 e. The van der Waals surface area contributed by atoms with Crippen LogP contribution in [0.25, 0.3) is 0 Å². The number of rotatable bonds is 5. The Kier molecular flexibility index (Phi) is 4.36. The van der Waals surface area contributed by atoms with Crippen molar-refractivity contribution >= 4 is 0 Å². The number of nitrogens with one attached hydrogen (secondary N) is 1. The predicted molar refractivity (Wildman–Crippen MR) is 66.0 cm³/mol. The van der Waals surface area contributed by atoms with Gasteiger partial charge in [-0.05, 0) is 48.9 Å². The Morgan fingerprint density at radius 3 is 2.61 bits per heavy atom. The highest BCUT2D eigenvalue weighted by Gasteiger charge is 2.02. The van der Waals surface area contributed by atoms with Gasteiger partial charge in [-0.2, -0.15) is 0 Å². The van der Waals surface area contributed by atoms with Crippen LogP contribution >= 0.6 is 0 Å². The molecule has 4 heteroatoms. The monoisotopic (exact) mass is 248 g/mol. The van der Waals surface area contributed by atoms with Gasteiger partial charge in [0.25, 0.3) is 0 Å². The summed E-state index contributed by atoms with van der Waals surface area (Å²) in [6.45, 7) is 1.04. The van der Waals surface area contributed by atoms with Crippen molar-refractivity contribution in [2.75, 3.05) is 6.54 Å². The SMILES string of the molecule is Fc1ccc(F)c(CNCCc2ccncc2)c1. The van der Waals surface area contributed by atoms with Gasteiger partial charge in [-0.1, -0.05) is 0 Å². The van der Waals surface area contributed by atoms with Crippen molar-refractivity contribution in [3.8, 4) is 0 Å². The number of aromatic nitrogens is 1. The van der Waals surface area contributed by atoms with Crippen LogP contribution in [0.3, 0.4) is 0 Å². The summed E-state index contributed by atoms with van der Waals surface area (Å²) >= 11 is 0. The molecule has 1 N–H and O–H groups in total. The topological polar surface area (TPSA) is 24.9 Å². The first-order chi connectivity index (χ1) is 8.75. The zero-order chi connectivity index (χ0) is 12.8. The Morgan fingerprint density at radius 2 is 1.83 bits per heavy atom. The van der Waals surface area contributed by atoms with Crippen LogP contribution in [0.1, 0.15) is 11.1 Å². The highest BCUT2D eigenvalue weighted by Crippen LogP contribution is 2.09. The summed E-state index contributed by atoms with van der Waals surface area (Å²) in [4.78, 5) is 3.93. The number of halogens is 2. The van der Waals surface area contributed by atoms with Crippen LogP contribution in [0.4, 0.5) is 8.78 Å². The number of hydrogen-bond donors (Lipinski definition) is 1. The van der Waals surface area contributed by atoms with Crippen molar-refractivity contribution in [2.24, 2.45) is 0 Å². The summed E-state index contributed by atoms with van der Waals surface area (Å²) in [7, 11) is 0. The fraction of sp³-hybridized carbons (Fsp3) is 0.214. The summed E-state index contributed by atoms with van der Waals surface area (Å²) in [6.07, 6.45) is 4.31. The van der Waals surface area contributed by atoms with Gasteiger partial charge in [-0.3, -0.25) is 4.98 Å². The van der Waals surface area contributed by atoms with E-state index in [1.54, 1.807) is 12.4 Å². The van der Waals surface area contributed by atoms with Crippen LogP contribution in [0.15, 0.2) is 42.7 Å². The van der Waals surface area contributed by atoms with Gasteiger partial charge in [0.1, 0.15) is 11.6 Å². The summed E-state index contributed by atoms with van der Waals surface area (Å²) in [5.41, 5.74) is 1.52. The molecule has 0 bridgehead atoms. The Bertz CT molecular complexity index is 500. The van der Waals surface area contributed by atoms with E-state index in [4.69, 9.17) is 0 Å². The average Bonchev–Trinajstić information content (AvgIpc) is 2.40. The Morgan fingerprint density at radius 1 is 1.06 bits per heavy atom. The molecule has 0 radical (unpaired) electrons. The lowest BCUT2D eigenvalue weighted by Crippen LogP contribution is -2.17. The molecule has 0 aliphatic heterocycles. The number of hydrogen-bond acceptors (Lipinski definition) is 2. The van der Waals surface area contributed by atoms with E-state index in [0.717, 1.165) is 24.1 Å². The van der Waals surface area contributed by atoms with Crippen LogP contribution in [0, 0.1) is 11.6 Å². The molecular formula is C14H14F2N2. The van der Waals surface area contributed by atoms with Gasteiger partial charge in [0, 0.05) is 24.5 Å². The molecule has 0 amide bonds. The van der Waals surface area contributed by atoms with E-state index < -0.39 is 5.82 Å². The molecule has 0 atom stereocenters. The zero-order valence-electron chi connectivity index (χ0n) is 9.87. The molecule has 0 saturated heterocycles. The molecule has 1 aromatic carbocycles. The molecule has 2 rings (SSSR count). The number of benzene rings is 1. The minimum Gasteiger partial charge on any atom is -0.312 e. The van der Waals surface area contributed by atoms with Crippen LogP contribution in [0.5, 0.6) is 0 Å². The molecule has 0 fully saturated rings. The second-order valence-electron chi connectivity index (χ2n) is 4.02. The molecular weight excluding hydrogens is 234 g/mol. The van der Waals surface area contributed by atoms with E-state index in [1.807, 2.05) is 12.1 Å². The van der Waals surface area contributed by atoms with Crippen molar-refractivity contribution in [1.82, 2.24) is 10.3 Å². The highest BCUT2D eigenvalue weighted by molar-refractivity contribution is 5.18. The maximum atomic E-state index is 13.3. The minimum absolute atomic E-state index is 0.328. The van der Waals surface area contributed by atoms with E-state index in [2.05, 4.69) is 10.3 Å². The van der Waals surface area contributed by atoms with Crippen molar-refractivity contribution < 1.29 is 8.78 Å². The molecule has 2 nitrogen and oxygen atoms in total. The number of pyridine rings is 1. The van der Waals surface area contributed by atoms with Crippen molar-refractivity contribution in [2.45, 2.75) is 13.0 Å². The van der Waals surface area contributed by atoms with Crippen LogP contribution < -0.4 is 5.32 Å². The molecule has 0 saturated carbocycles. The largest absolute Gasteiger partial charge is 0.312 e. The van der Waals surface area contributed by atoms with E-state index in [9.17, 15) is 8.78 Å². The van der Waals surface area contributed by atoms with Gasteiger partial charge in [0.15, 0.2) is 0 Å². The molecule has 0 aliphatic carbocycles. The fourth-order valence-corrected chi connectivity index (χ4v) is 1.68. The van der Waals surface area contributed by atoms with Gasteiger partial charge in [-0.15, -0.1) is 0 Å². The average molecular weight is 248 g/mol. The summed E-state index contributed by atoms with van der Waals surface area (Å²) < 4.78 is 26.2. The van der Waals surface area contributed by atoms with Crippen molar-refractivity contribution in [3.05, 3.63) is 65.5 Å². The predicted octanol–water partition coefficient (Wildman–Crippen LogP) is 2.69. The zero-order valence-corrected chi connectivity index (χ0v) is 9.87. The molecule has 0 spiro atoms. The lowest BCUT2D eigenvalue weighted by Gasteiger charge is -2.06. The summed E-state index contributed by atoms with van der Waals surface area (Å²) in [6, 6.07) is 7.36. The standard InChI is InChI=1S/C14H14F2N2/c15-13-1-2-14(16)12(9-13)10-18-8-5-11-3-6-17-7-4-11/h1-4,6-7,9,18H,5,8,10H2. The highest BCUT2D eigenvalue weighted by atomic mass is 19.1. The van der Waals surface area contributed by atoms with Crippen molar-refractivity contribution in [1.29, 1.82) is 0 Å². The summed E-state index contributed by atoms with van der Waals surface area (Å²) in [5, 5.41) is 3.09. The second-order valence-corrected chi connectivity index (χ2v) is 4.02. The quantitative estimate of drug-likeness (QED) is 0.823. The van der Waals surface area contributed by atoms with E-state index >= 15 is 0 Å². The molecule has 1 heterocycles. The first-order valence-electron chi connectivity index (χ1n) is 5.79. The Labute approximate surface area is 105 Å². The maximum absolute atomic E-state index is 13.3. The molecule has 0 aliphatic rings. The van der Waals surface area contributed by atoms with Gasteiger partial charge in [0.2, 0.25) is 0 Å². The normalized spacial score (nSPS) is 10.6. The van der Waals surface area contributed by atoms with Crippen LogP contribution in [0.2, 0.25) is 0 Å². The van der Waals surface area contributed by atoms with Crippen molar-refractivity contribution in [3.63, 3.8) is 0 Å².